The van der Waals surface area contributed by atoms with Gasteiger partial charge in [0.15, 0.2) is 0 Å². The summed E-state index contributed by atoms with van der Waals surface area (Å²) in [6.07, 6.45) is 0. The molecule has 0 aliphatic rings. The fourth-order valence-corrected chi connectivity index (χ4v) is 2.85. The van der Waals surface area contributed by atoms with E-state index in [9.17, 15) is 0 Å². The topological polar surface area (TPSA) is 25.8 Å². The molecule has 2 nitrogen and oxygen atoms in total. The highest BCUT2D eigenvalue weighted by Gasteiger charge is 2.07. The molecule has 5 heteroatoms. The number of hydrogen-bond acceptors (Lipinski definition) is 3. The van der Waals surface area contributed by atoms with Crippen LogP contribution in [0.4, 0.5) is 0 Å². The normalized spacial score (nSPS) is 10.5. The van der Waals surface area contributed by atoms with E-state index in [0.29, 0.717) is 0 Å². The average Bonchev–Trinajstić information content (AvgIpc) is 2.49. The number of thiophene rings is 1. The Morgan fingerprint density at radius 1 is 1.36 bits per heavy atom. The minimum absolute atomic E-state index is 0.290. The minimum Gasteiger partial charge on any atom is -0.223 e. The van der Waals surface area contributed by atoms with E-state index >= 15 is 0 Å². The highest BCUT2D eigenvalue weighted by atomic mass is 79.9. The second-order valence-corrected chi connectivity index (χ2v) is 4.73. The highest BCUT2D eigenvalue weighted by molar-refractivity contribution is 9.10. The summed E-state index contributed by atoms with van der Waals surface area (Å²) < 4.78 is 1.04. The summed E-state index contributed by atoms with van der Waals surface area (Å²) in [7, 11) is 0. The maximum Gasteiger partial charge on any atom is 0.223 e. The molecule has 0 radical (unpaired) electrons. The summed E-state index contributed by atoms with van der Waals surface area (Å²) in [5, 5.41) is 4.33. The lowest BCUT2D eigenvalue weighted by Gasteiger charge is -2.00. The molecular weight excluding hydrogens is 284 g/mol. The Balaban J connectivity index is 2.57. The van der Waals surface area contributed by atoms with Crippen LogP contribution in [0.1, 0.15) is 5.69 Å². The molecule has 0 fully saturated rings. The lowest BCUT2D eigenvalue weighted by atomic mass is 10.2. The quantitative estimate of drug-likeness (QED) is 0.743. The van der Waals surface area contributed by atoms with Crippen molar-refractivity contribution in [1.82, 2.24) is 9.97 Å². The maximum absolute atomic E-state index is 5.79. The smallest absolute Gasteiger partial charge is 0.223 e. The molecule has 2 aromatic heterocycles. The molecule has 72 valence electrons. The Morgan fingerprint density at radius 2 is 2.14 bits per heavy atom. The molecule has 0 amide bonds. The molecule has 14 heavy (non-hydrogen) atoms. The zero-order chi connectivity index (χ0) is 10.1. The number of aromatic nitrogens is 2. The van der Waals surface area contributed by atoms with Gasteiger partial charge in [0, 0.05) is 26.5 Å². The summed E-state index contributed by atoms with van der Waals surface area (Å²) in [6.45, 7) is 1.90. The van der Waals surface area contributed by atoms with Gasteiger partial charge in [-0.15, -0.1) is 0 Å². The molecule has 0 saturated heterocycles. The van der Waals surface area contributed by atoms with Crippen molar-refractivity contribution in [1.29, 1.82) is 0 Å². The first-order valence-electron chi connectivity index (χ1n) is 3.90. The third-order valence-electron chi connectivity index (χ3n) is 1.72. The largest absolute Gasteiger partial charge is 0.223 e. The van der Waals surface area contributed by atoms with E-state index in [0.717, 1.165) is 21.4 Å². The van der Waals surface area contributed by atoms with E-state index in [1.165, 1.54) is 0 Å². The highest BCUT2D eigenvalue weighted by Crippen LogP contribution is 2.30. The Kier molecular flexibility index (Phi) is 2.85. The second kappa shape index (κ2) is 3.96. The maximum atomic E-state index is 5.79. The monoisotopic (exact) mass is 288 g/mol. The van der Waals surface area contributed by atoms with Gasteiger partial charge in [-0.1, -0.05) is 0 Å². The number of rotatable bonds is 1. The van der Waals surface area contributed by atoms with E-state index in [1.807, 2.05) is 23.8 Å². The molecule has 0 N–H and O–H groups in total. The summed E-state index contributed by atoms with van der Waals surface area (Å²) in [4.78, 5) is 8.18. The number of aryl methyl sites for hydroxylation is 1. The molecule has 0 aliphatic carbocycles. The van der Waals surface area contributed by atoms with Crippen molar-refractivity contribution < 1.29 is 0 Å². The van der Waals surface area contributed by atoms with Crippen LogP contribution < -0.4 is 0 Å². The molecule has 2 aromatic rings. The van der Waals surface area contributed by atoms with Crippen molar-refractivity contribution >= 4 is 38.9 Å². The number of halogens is 2. The SMILES string of the molecule is Cc1cc(-c2cscc2Br)nc(Cl)n1. The summed E-state index contributed by atoms with van der Waals surface area (Å²) >= 11 is 10.9. The molecule has 0 atom stereocenters. The predicted octanol–water partition coefficient (Wildman–Crippen LogP) is 3.93. The summed E-state index contributed by atoms with van der Waals surface area (Å²) in [5.41, 5.74) is 2.79. The van der Waals surface area contributed by atoms with E-state index in [2.05, 4.69) is 25.9 Å². The number of nitrogens with zero attached hydrogens (tertiary/aromatic N) is 2. The van der Waals surface area contributed by atoms with Gasteiger partial charge >= 0.3 is 0 Å². The Bertz CT molecular complexity index is 449. The van der Waals surface area contributed by atoms with Crippen molar-refractivity contribution in [2.75, 3.05) is 0 Å². The fourth-order valence-electron chi connectivity index (χ4n) is 1.13. The third kappa shape index (κ3) is 1.97. The second-order valence-electron chi connectivity index (χ2n) is 2.80. The molecular formula is C9H6BrClN2S. The van der Waals surface area contributed by atoms with Gasteiger partial charge in [-0.2, -0.15) is 11.3 Å². The summed E-state index contributed by atoms with van der Waals surface area (Å²) in [5.74, 6) is 0. The molecule has 0 unspecified atom stereocenters. The van der Waals surface area contributed by atoms with E-state index < -0.39 is 0 Å². The lowest BCUT2D eigenvalue weighted by molar-refractivity contribution is 1.11. The molecule has 0 saturated carbocycles. The first-order chi connectivity index (χ1) is 6.66. The van der Waals surface area contributed by atoms with E-state index in [4.69, 9.17) is 11.6 Å². The standard InChI is InChI=1S/C9H6BrClN2S/c1-5-2-8(13-9(11)12-5)6-3-14-4-7(6)10/h2-4H,1H3. The molecule has 0 aliphatic heterocycles. The molecule has 0 bridgehead atoms. The first-order valence-corrected chi connectivity index (χ1v) is 6.01. The van der Waals surface area contributed by atoms with Gasteiger partial charge < -0.3 is 0 Å². The van der Waals surface area contributed by atoms with Gasteiger partial charge in [-0.25, -0.2) is 9.97 Å². The average molecular weight is 290 g/mol. The third-order valence-corrected chi connectivity index (χ3v) is 3.59. The Labute approximate surface area is 99.1 Å². The van der Waals surface area contributed by atoms with Crippen LogP contribution in [-0.2, 0) is 0 Å². The van der Waals surface area contributed by atoms with Crippen LogP contribution in [0.15, 0.2) is 21.3 Å². The van der Waals surface area contributed by atoms with Crippen molar-refractivity contribution in [2.45, 2.75) is 6.92 Å². The minimum atomic E-state index is 0.290. The van der Waals surface area contributed by atoms with E-state index in [1.54, 1.807) is 11.3 Å². The van der Waals surface area contributed by atoms with Crippen molar-refractivity contribution in [2.24, 2.45) is 0 Å². The predicted molar refractivity (Wildman–Crippen MR) is 62.8 cm³/mol. The molecule has 0 aromatic carbocycles. The van der Waals surface area contributed by atoms with Crippen molar-refractivity contribution in [3.8, 4) is 11.3 Å². The zero-order valence-corrected chi connectivity index (χ0v) is 10.4. The lowest BCUT2D eigenvalue weighted by Crippen LogP contribution is -1.89. The van der Waals surface area contributed by atoms with Crippen LogP contribution in [0.5, 0.6) is 0 Å². The van der Waals surface area contributed by atoms with Crippen LogP contribution in [0, 0.1) is 6.92 Å². The van der Waals surface area contributed by atoms with Gasteiger partial charge in [-0.05, 0) is 40.5 Å². The van der Waals surface area contributed by atoms with Gasteiger partial charge in [0.05, 0.1) is 5.69 Å². The fraction of sp³-hybridized carbons (Fsp3) is 0.111. The van der Waals surface area contributed by atoms with Crippen LogP contribution in [0.25, 0.3) is 11.3 Å². The molecule has 0 spiro atoms. The number of hydrogen-bond donors (Lipinski definition) is 0. The van der Waals surface area contributed by atoms with Gasteiger partial charge in [0.25, 0.3) is 0 Å². The van der Waals surface area contributed by atoms with E-state index in [-0.39, 0.29) is 5.28 Å². The van der Waals surface area contributed by atoms with Crippen LogP contribution in [-0.4, -0.2) is 9.97 Å². The van der Waals surface area contributed by atoms with Crippen LogP contribution in [0.2, 0.25) is 5.28 Å². The Hall–Kier alpha value is -0.450. The summed E-state index contributed by atoms with van der Waals surface area (Å²) in [6, 6.07) is 1.92. The van der Waals surface area contributed by atoms with Gasteiger partial charge in [-0.3, -0.25) is 0 Å². The van der Waals surface area contributed by atoms with Gasteiger partial charge in [0.1, 0.15) is 0 Å². The van der Waals surface area contributed by atoms with Crippen LogP contribution in [0.3, 0.4) is 0 Å². The first kappa shape index (κ1) is 10.1. The molecule has 2 rings (SSSR count). The van der Waals surface area contributed by atoms with Gasteiger partial charge in [0.2, 0.25) is 5.28 Å². The van der Waals surface area contributed by atoms with Crippen LogP contribution >= 0.6 is 38.9 Å². The Morgan fingerprint density at radius 3 is 2.71 bits per heavy atom. The zero-order valence-electron chi connectivity index (χ0n) is 7.29. The molecule has 2 heterocycles. The van der Waals surface area contributed by atoms with Crippen molar-refractivity contribution in [3.05, 3.63) is 32.3 Å². The van der Waals surface area contributed by atoms with Crippen molar-refractivity contribution in [3.63, 3.8) is 0 Å².